The third-order valence-corrected chi connectivity index (χ3v) is 13.6. The van der Waals surface area contributed by atoms with Gasteiger partial charge in [-0.15, -0.1) is 0 Å². The summed E-state index contributed by atoms with van der Waals surface area (Å²) in [4.78, 5) is 0. The second-order valence-corrected chi connectivity index (χ2v) is 16.9. The maximum Gasteiger partial charge on any atom is 0.261 e. The predicted octanol–water partition coefficient (Wildman–Crippen LogP) is 5.70. The van der Waals surface area contributed by atoms with Gasteiger partial charge < -0.3 is 24.1 Å². The second kappa shape index (κ2) is 12.8. The molecule has 2 aromatic carbocycles. The SMILES string of the molecule is CCCC[C@H]1OC(O)[C@@]2(C[C@@H](C)C(CO[Si](c3ccccc3)(c3ccccc3)C(C)(C)C)=C[C@H]2/C=C(\C)CO)O1. The largest absolute Gasteiger partial charge is 0.403 e. The molecule has 1 aliphatic heterocycles. The van der Waals surface area contributed by atoms with Crippen LogP contribution < -0.4 is 10.4 Å². The molecule has 4 rings (SSSR count). The van der Waals surface area contributed by atoms with Crippen LogP contribution in [0.1, 0.15) is 67.2 Å². The molecular formula is C34H48O5Si. The Labute approximate surface area is 242 Å². The van der Waals surface area contributed by atoms with E-state index in [2.05, 4.69) is 101 Å². The van der Waals surface area contributed by atoms with Crippen molar-refractivity contribution in [3.8, 4) is 0 Å². The zero-order chi connectivity index (χ0) is 29.0. The summed E-state index contributed by atoms with van der Waals surface area (Å²) in [5.41, 5.74) is 1.16. The number of aliphatic hydroxyl groups excluding tert-OH is 2. The van der Waals surface area contributed by atoms with Crippen molar-refractivity contribution in [2.75, 3.05) is 13.2 Å². The van der Waals surface area contributed by atoms with Gasteiger partial charge in [0, 0.05) is 5.92 Å². The molecule has 2 aliphatic rings. The molecular weight excluding hydrogens is 516 g/mol. The molecule has 0 saturated carbocycles. The average molecular weight is 565 g/mol. The lowest BCUT2D eigenvalue weighted by Gasteiger charge is -2.45. The van der Waals surface area contributed by atoms with Crippen LogP contribution in [0.2, 0.25) is 5.04 Å². The Morgan fingerprint density at radius 2 is 1.68 bits per heavy atom. The zero-order valence-corrected chi connectivity index (χ0v) is 26.1. The van der Waals surface area contributed by atoms with Crippen molar-refractivity contribution in [2.24, 2.45) is 11.8 Å². The molecule has 1 fully saturated rings. The first-order valence-electron chi connectivity index (χ1n) is 14.8. The van der Waals surface area contributed by atoms with Crippen molar-refractivity contribution in [2.45, 2.75) is 90.4 Å². The number of benzene rings is 2. The lowest BCUT2D eigenvalue weighted by molar-refractivity contribution is -0.125. The highest BCUT2D eigenvalue weighted by Gasteiger charge is 2.56. The van der Waals surface area contributed by atoms with Crippen LogP contribution in [0.4, 0.5) is 0 Å². The number of hydrogen-bond acceptors (Lipinski definition) is 5. The van der Waals surface area contributed by atoms with Gasteiger partial charge >= 0.3 is 0 Å². The minimum absolute atomic E-state index is 0.0416. The number of ether oxygens (including phenoxy) is 2. The first-order chi connectivity index (χ1) is 19.1. The van der Waals surface area contributed by atoms with E-state index < -0.39 is 26.5 Å². The van der Waals surface area contributed by atoms with Crippen molar-refractivity contribution in [1.82, 2.24) is 0 Å². The molecule has 0 aromatic heterocycles. The van der Waals surface area contributed by atoms with Crippen LogP contribution in [0.15, 0.2) is 84.0 Å². The van der Waals surface area contributed by atoms with Crippen LogP contribution >= 0.6 is 0 Å². The Bertz CT molecular complexity index is 1120. The summed E-state index contributed by atoms with van der Waals surface area (Å²) in [6.45, 7) is 13.6. The topological polar surface area (TPSA) is 68.2 Å². The van der Waals surface area contributed by atoms with Gasteiger partial charge in [-0.3, -0.25) is 0 Å². The van der Waals surface area contributed by atoms with Crippen LogP contribution in [0.25, 0.3) is 0 Å². The highest BCUT2D eigenvalue weighted by atomic mass is 28.4. The van der Waals surface area contributed by atoms with E-state index in [-0.39, 0.29) is 23.5 Å². The van der Waals surface area contributed by atoms with Gasteiger partial charge in [0.2, 0.25) is 0 Å². The number of rotatable bonds is 10. The third kappa shape index (κ3) is 6.08. The molecule has 1 aliphatic carbocycles. The Balaban J connectivity index is 1.73. The van der Waals surface area contributed by atoms with Crippen LogP contribution in [0.3, 0.4) is 0 Å². The van der Waals surface area contributed by atoms with Gasteiger partial charge in [-0.2, -0.15) is 0 Å². The van der Waals surface area contributed by atoms with Crippen LogP contribution in [-0.2, 0) is 13.9 Å². The van der Waals surface area contributed by atoms with Crippen molar-refractivity contribution >= 4 is 18.7 Å². The Morgan fingerprint density at radius 3 is 2.20 bits per heavy atom. The lowest BCUT2D eigenvalue weighted by atomic mass is 9.71. The fourth-order valence-corrected chi connectivity index (χ4v) is 11.0. The predicted molar refractivity (Wildman–Crippen MR) is 164 cm³/mol. The normalized spacial score (nSPS) is 27.7. The van der Waals surface area contributed by atoms with Crippen molar-refractivity contribution in [1.29, 1.82) is 0 Å². The average Bonchev–Trinajstić information content (AvgIpc) is 3.25. The van der Waals surface area contributed by atoms with Crippen molar-refractivity contribution in [3.63, 3.8) is 0 Å². The maximum atomic E-state index is 11.2. The molecule has 1 heterocycles. The molecule has 0 bridgehead atoms. The number of hydrogen-bond donors (Lipinski definition) is 2. The van der Waals surface area contributed by atoms with E-state index in [0.717, 1.165) is 24.8 Å². The maximum absolute atomic E-state index is 11.2. The fraction of sp³-hybridized carbons (Fsp3) is 0.529. The molecule has 2 aromatic rings. The molecule has 2 N–H and O–H groups in total. The third-order valence-electron chi connectivity index (χ3n) is 8.64. The van der Waals surface area contributed by atoms with E-state index in [0.29, 0.717) is 13.0 Å². The highest BCUT2D eigenvalue weighted by Crippen LogP contribution is 2.48. The van der Waals surface area contributed by atoms with E-state index in [4.69, 9.17) is 13.9 Å². The lowest BCUT2D eigenvalue weighted by Crippen LogP contribution is -2.66. The molecule has 0 amide bonds. The molecule has 5 nitrogen and oxygen atoms in total. The smallest absolute Gasteiger partial charge is 0.261 e. The number of unbranched alkanes of at least 4 members (excludes halogenated alkanes) is 1. The number of aliphatic hydroxyl groups is 2. The summed E-state index contributed by atoms with van der Waals surface area (Å²) < 4.78 is 19.8. The molecule has 1 saturated heterocycles. The van der Waals surface area contributed by atoms with E-state index in [1.165, 1.54) is 15.9 Å². The van der Waals surface area contributed by atoms with Gasteiger partial charge in [0.1, 0.15) is 5.60 Å². The zero-order valence-electron chi connectivity index (χ0n) is 25.1. The van der Waals surface area contributed by atoms with Crippen LogP contribution in [0.5, 0.6) is 0 Å². The summed E-state index contributed by atoms with van der Waals surface area (Å²) in [5, 5.41) is 23.5. The molecule has 218 valence electrons. The molecule has 1 unspecified atom stereocenters. The minimum atomic E-state index is -2.70. The van der Waals surface area contributed by atoms with Crippen LogP contribution in [-0.4, -0.2) is 49.9 Å². The Morgan fingerprint density at radius 1 is 1.07 bits per heavy atom. The van der Waals surface area contributed by atoms with Gasteiger partial charge in [0.25, 0.3) is 8.32 Å². The first kappa shape index (κ1) is 30.9. The molecule has 6 heteroatoms. The van der Waals surface area contributed by atoms with Gasteiger partial charge in [0.05, 0.1) is 13.2 Å². The molecule has 0 radical (unpaired) electrons. The van der Waals surface area contributed by atoms with Crippen LogP contribution in [0, 0.1) is 11.8 Å². The molecule has 40 heavy (non-hydrogen) atoms. The van der Waals surface area contributed by atoms with Gasteiger partial charge in [-0.1, -0.05) is 119 Å². The Kier molecular flexibility index (Phi) is 9.92. The van der Waals surface area contributed by atoms with Crippen molar-refractivity contribution in [3.05, 3.63) is 84.0 Å². The van der Waals surface area contributed by atoms with Gasteiger partial charge in [0.15, 0.2) is 12.6 Å². The van der Waals surface area contributed by atoms with E-state index in [9.17, 15) is 10.2 Å². The summed E-state index contributed by atoms with van der Waals surface area (Å²) in [7, 11) is -2.70. The molecule has 5 atom stereocenters. The summed E-state index contributed by atoms with van der Waals surface area (Å²) in [6, 6.07) is 21.4. The summed E-state index contributed by atoms with van der Waals surface area (Å²) >= 11 is 0. The Hall–Kier alpha value is -2.06. The quantitative estimate of drug-likeness (QED) is 0.286. The van der Waals surface area contributed by atoms with E-state index in [1.807, 2.05) is 13.0 Å². The van der Waals surface area contributed by atoms with E-state index in [1.54, 1.807) is 0 Å². The second-order valence-electron chi connectivity index (χ2n) is 12.6. The van der Waals surface area contributed by atoms with Gasteiger partial charge in [-0.25, -0.2) is 0 Å². The minimum Gasteiger partial charge on any atom is -0.403 e. The van der Waals surface area contributed by atoms with Gasteiger partial charge in [-0.05, 0) is 53.1 Å². The fourth-order valence-electron chi connectivity index (χ4n) is 6.45. The summed E-state index contributed by atoms with van der Waals surface area (Å²) in [6.07, 6.45) is 6.19. The first-order valence-corrected chi connectivity index (χ1v) is 16.7. The summed E-state index contributed by atoms with van der Waals surface area (Å²) in [5.74, 6) is -0.115. The molecule has 1 spiro atoms. The highest BCUT2D eigenvalue weighted by molar-refractivity contribution is 6.99. The monoisotopic (exact) mass is 564 g/mol. The standard InChI is InChI=1S/C34H48O5Si/c1-7-8-19-31-38-32(36)34(39-31)22-26(3)27(21-28(34)20-25(2)23-35)24-37-40(33(4,5)6,29-15-11-9-12-16-29)30-17-13-10-14-18-30/h9-18,20-21,26,28,31-32,35-36H,7-8,19,22-24H2,1-6H3/b25-20+/t26-,28-,31+,32?,34+/m1/s1. The van der Waals surface area contributed by atoms with E-state index >= 15 is 0 Å². The van der Waals surface area contributed by atoms with Crippen molar-refractivity contribution < 1.29 is 24.1 Å².